The van der Waals surface area contributed by atoms with Crippen molar-refractivity contribution >= 4 is 11.5 Å². The maximum atomic E-state index is 4.83. The van der Waals surface area contributed by atoms with E-state index in [1.165, 1.54) is 38.8 Å². The highest BCUT2D eigenvalue weighted by Crippen LogP contribution is 2.38. The van der Waals surface area contributed by atoms with Crippen LogP contribution in [0, 0.1) is 0 Å². The van der Waals surface area contributed by atoms with Crippen LogP contribution in [0.5, 0.6) is 0 Å². The largest absolute Gasteiger partial charge is 0.355 e. The number of piperidine rings is 1. The van der Waals surface area contributed by atoms with Gasteiger partial charge in [-0.1, -0.05) is 0 Å². The molecule has 0 bridgehead atoms. The Balaban J connectivity index is 1.53. The van der Waals surface area contributed by atoms with E-state index in [0.29, 0.717) is 18.0 Å². The molecule has 0 spiro atoms. The minimum atomic E-state index is 0.562. The Morgan fingerprint density at radius 1 is 1.09 bits per heavy atom. The van der Waals surface area contributed by atoms with Crippen LogP contribution >= 0.6 is 0 Å². The van der Waals surface area contributed by atoms with Crippen molar-refractivity contribution in [3.8, 4) is 0 Å². The lowest BCUT2D eigenvalue weighted by Gasteiger charge is -2.38. The Morgan fingerprint density at radius 2 is 1.83 bits per heavy atom. The first-order valence-corrected chi connectivity index (χ1v) is 8.82. The number of rotatable bonds is 4. The van der Waals surface area contributed by atoms with Gasteiger partial charge in [0.25, 0.3) is 0 Å². The van der Waals surface area contributed by atoms with Crippen LogP contribution in [-0.4, -0.2) is 56.9 Å². The molecule has 0 radical (unpaired) electrons. The highest BCUT2D eigenvalue weighted by molar-refractivity contribution is 5.46. The molecule has 2 aromatic heterocycles. The van der Waals surface area contributed by atoms with E-state index in [9.17, 15) is 0 Å². The molecule has 0 atom stereocenters. The highest BCUT2D eigenvalue weighted by Gasteiger charge is 2.30. The normalized spacial score (nSPS) is 20.5. The zero-order chi connectivity index (χ0) is 16.0. The van der Waals surface area contributed by atoms with E-state index in [1.807, 2.05) is 10.6 Å². The van der Waals surface area contributed by atoms with Gasteiger partial charge in [-0.05, 0) is 51.7 Å². The van der Waals surface area contributed by atoms with Gasteiger partial charge < -0.3 is 9.80 Å². The molecule has 0 unspecified atom stereocenters. The topological polar surface area (TPSA) is 49.6 Å². The standard InChI is InChI=1S/C17H26N6/c1-12(2)22-10-8-14(9-11-22)21(3)16-7-6-15-18-19-17(13-4-5-13)23(15)20-16/h6-7,12-14H,4-5,8-11H2,1-3H3. The summed E-state index contributed by atoms with van der Waals surface area (Å²) in [7, 11) is 2.17. The summed E-state index contributed by atoms with van der Waals surface area (Å²) in [5.41, 5.74) is 0.860. The molecule has 2 aromatic rings. The van der Waals surface area contributed by atoms with Gasteiger partial charge in [-0.3, -0.25) is 0 Å². The third-order valence-electron chi connectivity index (χ3n) is 5.35. The summed E-state index contributed by atoms with van der Waals surface area (Å²) < 4.78 is 1.95. The molecule has 4 rings (SSSR count). The van der Waals surface area contributed by atoms with E-state index < -0.39 is 0 Å². The SMILES string of the molecule is CC(C)N1CCC(N(C)c2ccc3nnc(C4CC4)n3n2)CC1. The maximum Gasteiger partial charge on any atom is 0.178 e. The van der Waals surface area contributed by atoms with Crippen molar-refractivity contribution in [1.82, 2.24) is 24.7 Å². The number of fused-ring (bicyclic) bond motifs is 1. The fourth-order valence-corrected chi connectivity index (χ4v) is 3.56. The van der Waals surface area contributed by atoms with Gasteiger partial charge in [0.1, 0.15) is 5.82 Å². The summed E-state index contributed by atoms with van der Waals surface area (Å²) in [5, 5.41) is 13.4. The molecule has 0 aromatic carbocycles. The van der Waals surface area contributed by atoms with E-state index in [-0.39, 0.29) is 0 Å². The second-order valence-corrected chi connectivity index (χ2v) is 7.27. The second kappa shape index (κ2) is 5.74. The summed E-state index contributed by atoms with van der Waals surface area (Å²) >= 11 is 0. The molecular formula is C17H26N6. The number of aromatic nitrogens is 4. The van der Waals surface area contributed by atoms with Crippen molar-refractivity contribution in [2.45, 2.75) is 57.5 Å². The fraction of sp³-hybridized carbons (Fsp3) is 0.706. The van der Waals surface area contributed by atoms with Gasteiger partial charge in [-0.2, -0.15) is 4.52 Å². The van der Waals surface area contributed by atoms with E-state index >= 15 is 0 Å². The molecule has 6 heteroatoms. The molecule has 6 nitrogen and oxygen atoms in total. The van der Waals surface area contributed by atoms with Crippen LogP contribution in [0.15, 0.2) is 12.1 Å². The molecule has 124 valence electrons. The van der Waals surface area contributed by atoms with Crippen LogP contribution in [0.2, 0.25) is 0 Å². The van der Waals surface area contributed by atoms with Crippen LogP contribution < -0.4 is 4.90 Å². The summed E-state index contributed by atoms with van der Waals surface area (Å²) in [6.07, 6.45) is 4.84. The predicted octanol–water partition coefficient (Wildman–Crippen LogP) is 2.31. The van der Waals surface area contributed by atoms with Crippen LogP contribution in [0.25, 0.3) is 5.65 Å². The molecule has 2 fully saturated rings. The molecule has 1 aliphatic carbocycles. The van der Waals surface area contributed by atoms with Crippen molar-refractivity contribution in [2.75, 3.05) is 25.0 Å². The van der Waals surface area contributed by atoms with E-state index in [2.05, 4.69) is 47.0 Å². The van der Waals surface area contributed by atoms with Gasteiger partial charge >= 0.3 is 0 Å². The molecule has 1 saturated carbocycles. The first-order chi connectivity index (χ1) is 11.1. The quantitative estimate of drug-likeness (QED) is 0.867. The number of likely N-dealkylation sites (tertiary alicyclic amines) is 1. The highest BCUT2D eigenvalue weighted by atomic mass is 15.4. The monoisotopic (exact) mass is 314 g/mol. The van der Waals surface area contributed by atoms with E-state index in [0.717, 1.165) is 17.3 Å². The van der Waals surface area contributed by atoms with Crippen LogP contribution in [-0.2, 0) is 0 Å². The van der Waals surface area contributed by atoms with Gasteiger partial charge in [0, 0.05) is 38.1 Å². The zero-order valence-electron chi connectivity index (χ0n) is 14.3. The third-order valence-corrected chi connectivity index (χ3v) is 5.35. The lowest BCUT2D eigenvalue weighted by atomic mass is 10.0. The lowest BCUT2D eigenvalue weighted by molar-refractivity contribution is 0.171. The number of nitrogens with zero attached hydrogens (tertiary/aromatic N) is 6. The number of hydrogen-bond donors (Lipinski definition) is 0. The average molecular weight is 314 g/mol. The summed E-state index contributed by atoms with van der Waals surface area (Å²) in [6.45, 7) is 6.92. The molecule has 0 N–H and O–H groups in total. The summed E-state index contributed by atoms with van der Waals surface area (Å²) in [5.74, 6) is 2.62. The van der Waals surface area contributed by atoms with Crippen LogP contribution in [0.4, 0.5) is 5.82 Å². The smallest absolute Gasteiger partial charge is 0.178 e. The Labute approximate surface area is 137 Å². The summed E-state index contributed by atoms with van der Waals surface area (Å²) in [4.78, 5) is 4.90. The van der Waals surface area contributed by atoms with Gasteiger partial charge in [0.15, 0.2) is 11.5 Å². The second-order valence-electron chi connectivity index (χ2n) is 7.27. The van der Waals surface area contributed by atoms with Crippen LogP contribution in [0.1, 0.15) is 51.3 Å². The molecular weight excluding hydrogens is 288 g/mol. The van der Waals surface area contributed by atoms with Crippen molar-refractivity contribution < 1.29 is 0 Å². The minimum Gasteiger partial charge on any atom is -0.355 e. The predicted molar refractivity (Wildman–Crippen MR) is 90.9 cm³/mol. The molecule has 1 saturated heterocycles. The molecule has 23 heavy (non-hydrogen) atoms. The molecule has 0 amide bonds. The van der Waals surface area contributed by atoms with Crippen LogP contribution in [0.3, 0.4) is 0 Å². The van der Waals surface area contributed by atoms with Crippen molar-refractivity contribution in [3.05, 3.63) is 18.0 Å². The van der Waals surface area contributed by atoms with Gasteiger partial charge in [-0.25, -0.2) is 0 Å². The maximum absolute atomic E-state index is 4.83. The Kier molecular flexibility index (Phi) is 3.71. The molecule has 1 aliphatic heterocycles. The van der Waals surface area contributed by atoms with Crippen molar-refractivity contribution in [2.24, 2.45) is 0 Å². The third kappa shape index (κ3) is 2.80. The van der Waals surface area contributed by atoms with Crippen molar-refractivity contribution in [3.63, 3.8) is 0 Å². The van der Waals surface area contributed by atoms with Crippen molar-refractivity contribution in [1.29, 1.82) is 0 Å². The van der Waals surface area contributed by atoms with Gasteiger partial charge in [-0.15, -0.1) is 15.3 Å². The Bertz CT molecular complexity index is 681. The lowest BCUT2D eigenvalue weighted by Crippen LogP contribution is -2.46. The number of hydrogen-bond acceptors (Lipinski definition) is 5. The Morgan fingerprint density at radius 3 is 2.48 bits per heavy atom. The Hall–Kier alpha value is -1.69. The van der Waals surface area contributed by atoms with E-state index in [4.69, 9.17) is 5.10 Å². The number of anilines is 1. The van der Waals surface area contributed by atoms with Gasteiger partial charge in [0.05, 0.1) is 0 Å². The fourth-order valence-electron chi connectivity index (χ4n) is 3.56. The van der Waals surface area contributed by atoms with Gasteiger partial charge in [0.2, 0.25) is 0 Å². The molecule has 3 heterocycles. The first-order valence-electron chi connectivity index (χ1n) is 8.82. The first kappa shape index (κ1) is 14.9. The minimum absolute atomic E-state index is 0.562. The van der Waals surface area contributed by atoms with E-state index in [1.54, 1.807) is 0 Å². The zero-order valence-corrected chi connectivity index (χ0v) is 14.3. The molecule has 2 aliphatic rings. The average Bonchev–Trinajstić information content (AvgIpc) is 3.33. The summed E-state index contributed by atoms with van der Waals surface area (Å²) in [6, 6.07) is 5.33.